The number of hydrogen-bond donors (Lipinski definition) is 1. The Morgan fingerprint density at radius 3 is 2.40 bits per heavy atom. The summed E-state index contributed by atoms with van der Waals surface area (Å²) in [6, 6.07) is 6.87. The quantitative estimate of drug-likeness (QED) is 0.755. The van der Waals surface area contributed by atoms with Crippen LogP contribution in [0.5, 0.6) is 5.75 Å². The van der Waals surface area contributed by atoms with Crippen molar-refractivity contribution in [3.63, 3.8) is 0 Å². The summed E-state index contributed by atoms with van der Waals surface area (Å²) in [5.74, 6) is 0.632. The van der Waals surface area contributed by atoms with Crippen molar-refractivity contribution in [1.29, 1.82) is 0 Å². The van der Waals surface area contributed by atoms with Crippen LogP contribution in [0, 0.1) is 0 Å². The Labute approximate surface area is 147 Å². The van der Waals surface area contributed by atoms with Gasteiger partial charge in [0.2, 0.25) is 0 Å². The van der Waals surface area contributed by atoms with Crippen LogP contribution in [0.15, 0.2) is 24.3 Å². The fraction of sp³-hybridized carbons (Fsp3) is 0.400. The summed E-state index contributed by atoms with van der Waals surface area (Å²) in [4.78, 5) is 4.80. The number of thiazole rings is 1. The number of methoxy groups -OCH3 is 1. The number of hydrogen-bond acceptors (Lipinski definition) is 5. The first kappa shape index (κ1) is 19.5. The van der Waals surface area contributed by atoms with E-state index in [1.165, 1.54) is 11.8 Å². The third-order valence-electron chi connectivity index (χ3n) is 3.34. The molecule has 0 atom stereocenters. The van der Waals surface area contributed by atoms with Gasteiger partial charge in [-0.1, -0.05) is 13.3 Å². The van der Waals surface area contributed by atoms with E-state index < -0.39 is 15.5 Å². The molecule has 0 aliphatic heterocycles. The SMILES string of the molecule is CCCCc1sc(NS(=O)(=O)C(F)(F)F)nc1-c1ccc(OC)cc1. The lowest BCUT2D eigenvalue weighted by Crippen LogP contribution is -2.29. The highest BCUT2D eigenvalue weighted by molar-refractivity contribution is 7.93. The third-order valence-corrected chi connectivity index (χ3v) is 5.58. The average Bonchev–Trinajstić information content (AvgIpc) is 2.94. The molecule has 0 aliphatic carbocycles. The van der Waals surface area contributed by atoms with E-state index in [0.29, 0.717) is 23.4 Å². The lowest BCUT2D eigenvalue weighted by molar-refractivity contribution is -0.0429. The number of nitrogens with zero attached hydrogens (tertiary/aromatic N) is 1. The number of sulfonamides is 1. The van der Waals surface area contributed by atoms with Crippen molar-refractivity contribution < 1.29 is 26.3 Å². The number of benzene rings is 1. The number of halogens is 3. The molecule has 0 saturated heterocycles. The van der Waals surface area contributed by atoms with Gasteiger partial charge in [-0.05, 0) is 37.1 Å². The summed E-state index contributed by atoms with van der Waals surface area (Å²) in [5.41, 5.74) is -4.23. The predicted molar refractivity (Wildman–Crippen MR) is 91.3 cm³/mol. The highest BCUT2D eigenvalue weighted by Crippen LogP contribution is 2.35. The van der Waals surface area contributed by atoms with Crippen LogP contribution in [0.2, 0.25) is 0 Å². The first-order valence-corrected chi connectivity index (χ1v) is 9.71. The summed E-state index contributed by atoms with van der Waals surface area (Å²) in [5, 5.41) is -0.297. The normalized spacial score (nSPS) is 12.2. The topological polar surface area (TPSA) is 68.3 Å². The van der Waals surface area contributed by atoms with Gasteiger partial charge in [0.25, 0.3) is 0 Å². The Morgan fingerprint density at radius 2 is 1.88 bits per heavy atom. The molecule has 2 rings (SSSR count). The van der Waals surface area contributed by atoms with Gasteiger partial charge in [-0.3, -0.25) is 4.72 Å². The largest absolute Gasteiger partial charge is 0.516 e. The predicted octanol–water partition coefficient (Wildman–Crippen LogP) is 4.42. The van der Waals surface area contributed by atoms with Crippen LogP contribution in [0.4, 0.5) is 18.3 Å². The molecular weight excluding hydrogens is 377 g/mol. The van der Waals surface area contributed by atoms with Crippen LogP contribution in [0.1, 0.15) is 24.6 Å². The number of rotatable bonds is 7. The smallest absolute Gasteiger partial charge is 0.497 e. The molecule has 0 spiro atoms. The molecule has 0 unspecified atom stereocenters. The lowest BCUT2D eigenvalue weighted by Gasteiger charge is -2.07. The van der Waals surface area contributed by atoms with Gasteiger partial charge in [0.05, 0.1) is 12.8 Å². The molecule has 0 amide bonds. The fourth-order valence-corrected chi connectivity index (χ4v) is 3.81. The van der Waals surface area contributed by atoms with Crippen LogP contribution < -0.4 is 9.46 Å². The van der Waals surface area contributed by atoms with Gasteiger partial charge < -0.3 is 4.74 Å². The molecule has 1 heterocycles. The van der Waals surface area contributed by atoms with Crippen molar-refractivity contribution >= 4 is 26.5 Å². The van der Waals surface area contributed by atoms with Gasteiger partial charge >= 0.3 is 15.5 Å². The first-order chi connectivity index (χ1) is 11.7. The van der Waals surface area contributed by atoms with Crippen molar-refractivity contribution in [2.24, 2.45) is 0 Å². The van der Waals surface area contributed by atoms with E-state index in [1.807, 2.05) is 6.92 Å². The summed E-state index contributed by atoms with van der Waals surface area (Å²) in [6.45, 7) is 1.99. The summed E-state index contributed by atoms with van der Waals surface area (Å²) in [6.07, 6.45) is 2.31. The molecule has 5 nitrogen and oxygen atoms in total. The monoisotopic (exact) mass is 394 g/mol. The molecule has 138 valence electrons. The molecule has 0 aliphatic rings. The fourth-order valence-electron chi connectivity index (χ4n) is 2.05. The van der Waals surface area contributed by atoms with E-state index in [0.717, 1.165) is 29.1 Å². The molecule has 25 heavy (non-hydrogen) atoms. The van der Waals surface area contributed by atoms with Crippen molar-refractivity contribution in [1.82, 2.24) is 4.98 Å². The van der Waals surface area contributed by atoms with Gasteiger partial charge in [0.15, 0.2) is 5.13 Å². The number of aryl methyl sites for hydroxylation is 1. The zero-order valence-corrected chi connectivity index (χ0v) is 15.2. The van der Waals surface area contributed by atoms with Gasteiger partial charge in [-0.15, -0.1) is 11.3 Å². The second-order valence-electron chi connectivity index (χ2n) is 5.17. The number of ether oxygens (including phenoxy) is 1. The number of alkyl halides is 3. The molecule has 1 aromatic carbocycles. The maximum absolute atomic E-state index is 12.5. The van der Waals surface area contributed by atoms with E-state index in [1.54, 1.807) is 24.3 Å². The number of unbranched alkanes of at least 4 members (excludes halogenated alkanes) is 1. The Balaban J connectivity index is 2.39. The third kappa shape index (κ3) is 4.63. The minimum absolute atomic E-state index is 0.297. The minimum Gasteiger partial charge on any atom is -0.497 e. The summed E-state index contributed by atoms with van der Waals surface area (Å²) >= 11 is 0.915. The molecule has 10 heteroatoms. The Hall–Kier alpha value is -1.81. The maximum atomic E-state index is 12.5. The van der Waals surface area contributed by atoms with Crippen molar-refractivity contribution in [3.8, 4) is 17.0 Å². The average molecular weight is 394 g/mol. The zero-order chi connectivity index (χ0) is 18.7. The van der Waals surface area contributed by atoms with Crippen LogP contribution >= 0.6 is 11.3 Å². The van der Waals surface area contributed by atoms with Crippen molar-refractivity contribution in [2.45, 2.75) is 31.7 Å². The van der Waals surface area contributed by atoms with Gasteiger partial charge in [-0.25, -0.2) is 4.98 Å². The Bertz CT molecular complexity index is 816. The molecule has 0 radical (unpaired) electrons. The number of aromatic nitrogens is 1. The molecule has 2 aromatic rings. The van der Waals surface area contributed by atoms with E-state index in [-0.39, 0.29) is 5.13 Å². The molecule has 0 saturated carbocycles. The lowest BCUT2D eigenvalue weighted by atomic mass is 10.1. The highest BCUT2D eigenvalue weighted by atomic mass is 32.2. The molecule has 1 N–H and O–H groups in total. The van der Waals surface area contributed by atoms with Crippen LogP contribution in [0.3, 0.4) is 0 Å². The zero-order valence-electron chi connectivity index (χ0n) is 13.6. The van der Waals surface area contributed by atoms with Gasteiger partial charge in [-0.2, -0.15) is 21.6 Å². The van der Waals surface area contributed by atoms with Gasteiger partial charge in [0, 0.05) is 10.4 Å². The number of nitrogens with one attached hydrogen (secondary N) is 1. The van der Waals surface area contributed by atoms with Crippen molar-refractivity contribution in [2.75, 3.05) is 11.8 Å². The van der Waals surface area contributed by atoms with E-state index in [9.17, 15) is 21.6 Å². The minimum atomic E-state index is -5.49. The molecular formula is C15H17F3N2O3S2. The van der Waals surface area contributed by atoms with Gasteiger partial charge in [0.1, 0.15) is 5.75 Å². The standard InChI is InChI=1S/C15H17F3N2O3S2/c1-3-4-5-12-13(10-6-8-11(23-2)9-7-10)19-14(24-12)20-25(21,22)15(16,17)18/h6-9H,3-5H2,1-2H3,(H,19,20). The van der Waals surface area contributed by atoms with Crippen LogP contribution in [0.25, 0.3) is 11.3 Å². The maximum Gasteiger partial charge on any atom is 0.516 e. The highest BCUT2D eigenvalue weighted by Gasteiger charge is 2.46. The van der Waals surface area contributed by atoms with E-state index >= 15 is 0 Å². The Morgan fingerprint density at radius 1 is 1.24 bits per heavy atom. The van der Waals surface area contributed by atoms with E-state index in [2.05, 4.69) is 4.98 Å². The summed E-state index contributed by atoms with van der Waals surface area (Å²) < 4.78 is 66.8. The second-order valence-corrected chi connectivity index (χ2v) is 7.93. The summed E-state index contributed by atoms with van der Waals surface area (Å²) in [7, 11) is -3.97. The molecule has 1 aromatic heterocycles. The van der Waals surface area contributed by atoms with Crippen molar-refractivity contribution in [3.05, 3.63) is 29.1 Å². The number of anilines is 1. The Kier molecular flexibility index (Phi) is 5.94. The molecule has 0 fully saturated rings. The van der Waals surface area contributed by atoms with Crippen LogP contribution in [-0.4, -0.2) is 26.0 Å². The second kappa shape index (κ2) is 7.61. The molecule has 0 bridgehead atoms. The van der Waals surface area contributed by atoms with Crippen LogP contribution in [-0.2, 0) is 16.4 Å². The van der Waals surface area contributed by atoms with E-state index in [4.69, 9.17) is 4.74 Å². The first-order valence-electron chi connectivity index (χ1n) is 7.41.